The summed E-state index contributed by atoms with van der Waals surface area (Å²) in [5.74, 6) is 0.495. The number of rotatable bonds is 8. The third-order valence-electron chi connectivity index (χ3n) is 3.95. The highest BCUT2D eigenvalue weighted by molar-refractivity contribution is 7.51. The van der Waals surface area contributed by atoms with E-state index in [2.05, 4.69) is 38.1 Å². The van der Waals surface area contributed by atoms with Crippen molar-refractivity contribution in [2.24, 2.45) is 0 Å². The Morgan fingerprint density at radius 3 is 2.31 bits per heavy atom. The summed E-state index contributed by atoms with van der Waals surface area (Å²) in [4.78, 5) is 18.2. The van der Waals surface area contributed by atoms with Gasteiger partial charge in [-0.2, -0.15) is 5.21 Å². The molecule has 1 aromatic heterocycles. The van der Waals surface area contributed by atoms with Gasteiger partial charge in [-0.3, -0.25) is 4.57 Å². The summed E-state index contributed by atoms with van der Waals surface area (Å²) in [5, 5.41) is 16.6. The lowest BCUT2D eigenvalue weighted by Gasteiger charge is -2.18. The molecule has 0 radical (unpaired) electrons. The van der Waals surface area contributed by atoms with E-state index in [0.717, 1.165) is 16.7 Å². The molecule has 1 atom stereocenters. The van der Waals surface area contributed by atoms with Gasteiger partial charge < -0.3 is 15.1 Å². The Morgan fingerprint density at radius 1 is 1.00 bits per heavy atom. The van der Waals surface area contributed by atoms with Crippen LogP contribution in [0.1, 0.15) is 11.4 Å². The molecule has 3 aromatic rings. The SMILES string of the molecule is O=P(O)(O)CN[C@@H](Cc1ccc(-c2ccccc2)cc1)Cc1nn[nH]n1. The number of nitrogens with one attached hydrogen (secondary N) is 2. The zero-order valence-electron chi connectivity index (χ0n) is 14.0. The molecule has 0 amide bonds. The first-order valence-corrected chi connectivity index (χ1v) is 9.94. The Bertz CT molecular complexity index is 850. The first kappa shape index (κ1) is 18.4. The summed E-state index contributed by atoms with van der Waals surface area (Å²) in [7, 11) is -4.14. The summed E-state index contributed by atoms with van der Waals surface area (Å²) < 4.78 is 11.2. The predicted octanol–water partition coefficient (Wildman–Crippen LogP) is 1.75. The molecule has 0 aliphatic heterocycles. The van der Waals surface area contributed by atoms with E-state index in [-0.39, 0.29) is 6.04 Å². The normalized spacial score (nSPS) is 12.8. The molecule has 26 heavy (non-hydrogen) atoms. The molecule has 4 N–H and O–H groups in total. The highest BCUT2D eigenvalue weighted by Gasteiger charge is 2.19. The Hall–Kier alpha value is -2.38. The summed E-state index contributed by atoms with van der Waals surface area (Å²) in [6.45, 7) is 0. The maximum Gasteiger partial charge on any atom is 0.339 e. The van der Waals surface area contributed by atoms with Crippen molar-refractivity contribution in [1.29, 1.82) is 0 Å². The van der Waals surface area contributed by atoms with Crippen LogP contribution in [0.2, 0.25) is 0 Å². The van der Waals surface area contributed by atoms with Crippen LogP contribution in [-0.2, 0) is 17.4 Å². The third-order valence-corrected chi connectivity index (χ3v) is 4.54. The molecule has 0 unspecified atom stereocenters. The van der Waals surface area contributed by atoms with Crippen molar-refractivity contribution in [3.05, 3.63) is 66.0 Å². The smallest absolute Gasteiger partial charge is 0.324 e. The molecule has 0 bridgehead atoms. The van der Waals surface area contributed by atoms with Gasteiger partial charge in [-0.25, -0.2) is 0 Å². The quantitative estimate of drug-likeness (QED) is 0.443. The van der Waals surface area contributed by atoms with Gasteiger partial charge in [-0.15, -0.1) is 10.2 Å². The maximum atomic E-state index is 11.2. The van der Waals surface area contributed by atoms with Gasteiger partial charge in [-0.05, 0) is 23.1 Å². The van der Waals surface area contributed by atoms with Gasteiger partial charge in [0.25, 0.3) is 0 Å². The summed E-state index contributed by atoms with van der Waals surface area (Å²) in [6, 6.07) is 18.0. The van der Waals surface area contributed by atoms with Gasteiger partial charge in [0.1, 0.15) is 0 Å². The zero-order chi connectivity index (χ0) is 18.4. The Kier molecular flexibility index (Phi) is 5.90. The average molecular weight is 373 g/mol. The molecule has 136 valence electrons. The van der Waals surface area contributed by atoms with Crippen molar-refractivity contribution in [1.82, 2.24) is 25.9 Å². The lowest BCUT2D eigenvalue weighted by Crippen LogP contribution is -2.34. The standard InChI is InChI=1S/C17H20N5O3P/c23-26(24,25)12-18-16(11-17-19-21-22-20-17)10-13-6-8-15(9-7-13)14-4-2-1-3-5-14/h1-9,16,18H,10-12H2,(H2,23,24,25)(H,19,20,21,22)/t16-/m0/s1. The van der Waals surface area contributed by atoms with Crippen molar-refractivity contribution in [2.45, 2.75) is 18.9 Å². The van der Waals surface area contributed by atoms with E-state index < -0.39 is 13.9 Å². The number of aromatic amines is 1. The van der Waals surface area contributed by atoms with E-state index >= 15 is 0 Å². The molecule has 2 aromatic carbocycles. The van der Waals surface area contributed by atoms with E-state index in [1.165, 1.54) is 0 Å². The molecule has 0 aliphatic rings. The Balaban J connectivity index is 1.70. The molecular formula is C17H20N5O3P. The summed E-state index contributed by atoms with van der Waals surface area (Å²) in [6.07, 6.45) is 0.609. The van der Waals surface area contributed by atoms with Gasteiger partial charge in [-0.1, -0.05) is 59.8 Å². The van der Waals surface area contributed by atoms with Crippen molar-refractivity contribution >= 4 is 7.60 Å². The Labute approximate surface area is 150 Å². The minimum Gasteiger partial charge on any atom is -0.324 e. The van der Waals surface area contributed by atoms with Crippen LogP contribution in [0.5, 0.6) is 0 Å². The van der Waals surface area contributed by atoms with Crippen molar-refractivity contribution in [2.75, 3.05) is 6.29 Å². The van der Waals surface area contributed by atoms with Gasteiger partial charge in [0.05, 0.1) is 6.29 Å². The van der Waals surface area contributed by atoms with Crippen LogP contribution in [-0.4, -0.2) is 42.7 Å². The molecule has 0 aliphatic carbocycles. The van der Waals surface area contributed by atoms with Crippen LogP contribution < -0.4 is 5.32 Å². The molecule has 0 saturated carbocycles. The van der Waals surface area contributed by atoms with E-state index in [9.17, 15) is 4.57 Å². The zero-order valence-corrected chi connectivity index (χ0v) is 14.9. The second-order valence-corrected chi connectivity index (χ2v) is 7.67. The Morgan fingerprint density at radius 2 is 1.69 bits per heavy atom. The van der Waals surface area contributed by atoms with Crippen molar-refractivity contribution < 1.29 is 14.4 Å². The largest absolute Gasteiger partial charge is 0.339 e. The van der Waals surface area contributed by atoms with Crippen LogP contribution in [0, 0.1) is 0 Å². The fraction of sp³-hybridized carbons (Fsp3) is 0.235. The molecule has 0 spiro atoms. The van der Waals surface area contributed by atoms with Crippen LogP contribution in [0.3, 0.4) is 0 Å². The third kappa shape index (κ3) is 5.57. The van der Waals surface area contributed by atoms with E-state index in [4.69, 9.17) is 9.79 Å². The number of hydrogen-bond acceptors (Lipinski definition) is 5. The van der Waals surface area contributed by atoms with Gasteiger partial charge in [0.2, 0.25) is 0 Å². The fourth-order valence-electron chi connectivity index (χ4n) is 2.70. The minimum atomic E-state index is -4.14. The van der Waals surface area contributed by atoms with Crippen LogP contribution in [0.4, 0.5) is 0 Å². The minimum absolute atomic E-state index is 0.220. The van der Waals surface area contributed by atoms with E-state index in [1.807, 2.05) is 42.5 Å². The van der Waals surface area contributed by atoms with Crippen LogP contribution in [0.25, 0.3) is 11.1 Å². The predicted molar refractivity (Wildman–Crippen MR) is 97.3 cm³/mol. The van der Waals surface area contributed by atoms with Gasteiger partial charge >= 0.3 is 7.60 Å². The maximum absolute atomic E-state index is 11.2. The van der Waals surface area contributed by atoms with Crippen LogP contribution >= 0.6 is 7.60 Å². The second kappa shape index (κ2) is 8.33. The molecule has 9 heteroatoms. The number of nitrogens with zero attached hydrogens (tertiary/aromatic N) is 3. The molecule has 1 heterocycles. The fourth-order valence-corrected chi connectivity index (χ4v) is 3.20. The molecule has 0 fully saturated rings. The molecule has 3 rings (SSSR count). The first-order valence-electron chi connectivity index (χ1n) is 8.14. The highest BCUT2D eigenvalue weighted by atomic mass is 31.2. The van der Waals surface area contributed by atoms with Gasteiger partial charge in [0, 0.05) is 12.5 Å². The highest BCUT2D eigenvalue weighted by Crippen LogP contribution is 2.32. The average Bonchev–Trinajstić information content (AvgIpc) is 3.13. The number of benzene rings is 2. The van der Waals surface area contributed by atoms with E-state index in [1.54, 1.807) is 0 Å². The topological polar surface area (TPSA) is 124 Å². The second-order valence-electron chi connectivity index (χ2n) is 6.02. The summed E-state index contributed by atoms with van der Waals surface area (Å²) in [5.41, 5.74) is 3.31. The van der Waals surface area contributed by atoms with Gasteiger partial charge in [0.15, 0.2) is 5.82 Å². The molecule has 8 nitrogen and oxygen atoms in total. The number of H-pyrrole nitrogens is 1. The van der Waals surface area contributed by atoms with Crippen LogP contribution in [0.15, 0.2) is 54.6 Å². The molecule has 0 saturated heterocycles. The monoisotopic (exact) mass is 373 g/mol. The summed E-state index contributed by atoms with van der Waals surface area (Å²) >= 11 is 0. The lowest BCUT2D eigenvalue weighted by molar-refractivity contribution is 0.361. The number of hydrogen-bond donors (Lipinski definition) is 4. The number of tetrazole rings is 1. The molecular weight excluding hydrogens is 353 g/mol. The van der Waals surface area contributed by atoms with E-state index in [0.29, 0.717) is 18.7 Å². The first-order chi connectivity index (χ1) is 12.5. The number of aromatic nitrogens is 4. The lowest BCUT2D eigenvalue weighted by atomic mass is 9.99. The van der Waals surface area contributed by atoms with Crippen molar-refractivity contribution in [3.8, 4) is 11.1 Å². The van der Waals surface area contributed by atoms with Crippen molar-refractivity contribution in [3.63, 3.8) is 0 Å².